The van der Waals surface area contributed by atoms with Gasteiger partial charge in [0.2, 0.25) is 0 Å². The molecular weight excluding hydrogens is 222 g/mol. The molecule has 0 aromatic carbocycles. The van der Waals surface area contributed by atoms with Gasteiger partial charge in [-0.2, -0.15) is 0 Å². The van der Waals surface area contributed by atoms with Crippen LogP contribution in [0, 0.1) is 17.8 Å². The highest BCUT2D eigenvalue weighted by Crippen LogP contribution is 2.38. The molecule has 0 aromatic rings. The molecule has 1 aliphatic heterocycles. The summed E-state index contributed by atoms with van der Waals surface area (Å²) in [6.07, 6.45) is 11.6. The van der Waals surface area contributed by atoms with Crippen LogP contribution in [0.15, 0.2) is 0 Å². The summed E-state index contributed by atoms with van der Waals surface area (Å²) in [6.45, 7) is 4.58. The number of hydrogen-bond donors (Lipinski definition) is 1. The van der Waals surface area contributed by atoms with Crippen molar-refractivity contribution in [2.45, 2.75) is 64.4 Å². The molecule has 0 spiro atoms. The second-order valence-corrected chi connectivity index (χ2v) is 6.38. The molecule has 0 radical (unpaired) electrons. The Labute approximate surface area is 113 Å². The number of hydrogen-bond acceptors (Lipinski definition) is 2. The third-order valence-electron chi connectivity index (χ3n) is 5.18. The molecule has 1 aliphatic carbocycles. The van der Waals surface area contributed by atoms with Gasteiger partial charge in [-0.25, -0.2) is 0 Å². The van der Waals surface area contributed by atoms with Crippen LogP contribution in [0.3, 0.4) is 0 Å². The van der Waals surface area contributed by atoms with Crippen molar-refractivity contribution in [3.05, 3.63) is 0 Å². The van der Waals surface area contributed by atoms with E-state index in [-0.39, 0.29) is 0 Å². The highest BCUT2D eigenvalue weighted by atomic mass is 16.5. The van der Waals surface area contributed by atoms with Crippen LogP contribution in [-0.4, -0.2) is 26.3 Å². The van der Waals surface area contributed by atoms with Crippen molar-refractivity contribution in [2.24, 2.45) is 17.8 Å². The summed E-state index contributed by atoms with van der Waals surface area (Å²) in [5.41, 5.74) is 0. The Morgan fingerprint density at radius 3 is 2.67 bits per heavy atom. The highest BCUT2D eigenvalue weighted by molar-refractivity contribution is 4.82. The summed E-state index contributed by atoms with van der Waals surface area (Å²) >= 11 is 0. The minimum absolute atomic E-state index is 0.585. The van der Waals surface area contributed by atoms with Gasteiger partial charge in [0.1, 0.15) is 0 Å². The van der Waals surface area contributed by atoms with Gasteiger partial charge in [0, 0.05) is 6.61 Å². The summed E-state index contributed by atoms with van der Waals surface area (Å²) in [4.78, 5) is 0. The first kappa shape index (κ1) is 14.3. The Kier molecular flexibility index (Phi) is 5.97. The lowest BCUT2D eigenvalue weighted by molar-refractivity contribution is 0.0841. The third kappa shape index (κ3) is 3.96. The smallest absolute Gasteiger partial charge is 0.0576 e. The standard InChI is InChI=1S/C16H31NO/c1-3-13-6-7-15(12-17-2)14(11-13)8-9-16-5-4-10-18-16/h13-17H,3-12H2,1-2H3. The molecule has 0 amide bonds. The maximum atomic E-state index is 5.78. The predicted octanol–water partition coefficient (Wildman–Crippen LogP) is 3.61. The molecule has 4 unspecified atom stereocenters. The molecule has 0 aromatic heterocycles. The maximum Gasteiger partial charge on any atom is 0.0576 e. The molecule has 2 aliphatic rings. The molecule has 1 heterocycles. The van der Waals surface area contributed by atoms with E-state index in [1.54, 1.807) is 0 Å². The van der Waals surface area contributed by atoms with Crippen LogP contribution in [0.4, 0.5) is 0 Å². The van der Waals surface area contributed by atoms with E-state index in [1.807, 2.05) is 0 Å². The SMILES string of the molecule is CCC1CCC(CNC)C(CCC2CCCO2)C1. The first-order valence-electron chi connectivity index (χ1n) is 8.09. The fraction of sp³-hybridized carbons (Fsp3) is 1.00. The zero-order valence-electron chi connectivity index (χ0n) is 12.3. The minimum atomic E-state index is 0.585. The van der Waals surface area contributed by atoms with Crippen LogP contribution in [0.1, 0.15) is 58.3 Å². The van der Waals surface area contributed by atoms with E-state index in [4.69, 9.17) is 4.74 Å². The van der Waals surface area contributed by atoms with E-state index in [1.165, 1.54) is 57.9 Å². The Hall–Kier alpha value is -0.0800. The molecule has 4 atom stereocenters. The van der Waals surface area contributed by atoms with E-state index in [2.05, 4.69) is 19.3 Å². The van der Waals surface area contributed by atoms with E-state index < -0.39 is 0 Å². The number of nitrogens with one attached hydrogen (secondary N) is 1. The molecule has 1 saturated heterocycles. The van der Waals surface area contributed by atoms with Crippen LogP contribution in [-0.2, 0) is 4.74 Å². The van der Waals surface area contributed by atoms with Crippen molar-refractivity contribution in [3.8, 4) is 0 Å². The molecule has 0 bridgehead atoms. The van der Waals surface area contributed by atoms with Crippen LogP contribution in [0.2, 0.25) is 0 Å². The fourth-order valence-corrected chi connectivity index (χ4v) is 3.95. The molecule has 2 fully saturated rings. The van der Waals surface area contributed by atoms with Crippen molar-refractivity contribution >= 4 is 0 Å². The van der Waals surface area contributed by atoms with Crippen molar-refractivity contribution in [3.63, 3.8) is 0 Å². The predicted molar refractivity (Wildman–Crippen MR) is 76.7 cm³/mol. The Bertz CT molecular complexity index is 225. The monoisotopic (exact) mass is 253 g/mol. The van der Waals surface area contributed by atoms with Crippen LogP contribution >= 0.6 is 0 Å². The lowest BCUT2D eigenvalue weighted by Gasteiger charge is -2.36. The van der Waals surface area contributed by atoms with Gasteiger partial charge in [0.25, 0.3) is 0 Å². The van der Waals surface area contributed by atoms with Gasteiger partial charge in [-0.05, 0) is 69.9 Å². The van der Waals surface area contributed by atoms with E-state index in [0.717, 1.165) is 24.4 Å². The topological polar surface area (TPSA) is 21.3 Å². The van der Waals surface area contributed by atoms with Gasteiger partial charge in [0.15, 0.2) is 0 Å². The molecule has 18 heavy (non-hydrogen) atoms. The first-order valence-corrected chi connectivity index (χ1v) is 8.09. The van der Waals surface area contributed by atoms with Crippen LogP contribution in [0.25, 0.3) is 0 Å². The van der Waals surface area contributed by atoms with Gasteiger partial charge in [-0.15, -0.1) is 0 Å². The van der Waals surface area contributed by atoms with E-state index in [9.17, 15) is 0 Å². The molecule has 2 heteroatoms. The molecule has 1 N–H and O–H groups in total. The Morgan fingerprint density at radius 1 is 1.11 bits per heavy atom. The fourth-order valence-electron chi connectivity index (χ4n) is 3.95. The van der Waals surface area contributed by atoms with Crippen LogP contribution in [0.5, 0.6) is 0 Å². The summed E-state index contributed by atoms with van der Waals surface area (Å²) in [7, 11) is 2.10. The average Bonchev–Trinajstić information content (AvgIpc) is 2.91. The maximum absolute atomic E-state index is 5.78. The van der Waals surface area contributed by atoms with Crippen LogP contribution < -0.4 is 5.32 Å². The molecule has 106 valence electrons. The molecule has 2 rings (SSSR count). The lowest BCUT2D eigenvalue weighted by atomic mass is 9.71. The summed E-state index contributed by atoms with van der Waals surface area (Å²) < 4.78 is 5.78. The zero-order valence-corrected chi connectivity index (χ0v) is 12.3. The normalized spacial score (nSPS) is 37.0. The second kappa shape index (κ2) is 7.49. The molecule has 2 nitrogen and oxygen atoms in total. The number of rotatable bonds is 6. The zero-order chi connectivity index (χ0) is 12.8. The highest BCUT2D eigenvalue weighted by Gasteiger charge is 2.30. The molecule has 1 saturated carbocycles. The van der Waals surface area contributed by atoms with Gasteiger partial charge < -0.3 is 10.1 Å². The summed E-state index contributed by atoms with van der Waals surface area (Å²) in [6, 6.07) is 0. The van der Waals surface area contributed by atoms with E-state index >= 15 is 0 Å². The Balaban J connectivity index is 1.79. The number of ether oxygens (including phenoxy) is 1. The summed E-state index contributed by atoms with van der Waals surface area (Å²) in [5, 5.41) is 3.40. The molecular formula is C16H31NO. The van der Waals surface area contributed by atoms with Crippen molar-refractivity contribution < 1.29 is 4.74 Å². The Morgan fingerprint density at radius 2 is 2.00 bits per heavy atom. The van der Waals surface area contributed by atoms with Gasteiger partial charge in [-0.3, -0.25) is 0 Å². The van der Waals surface area contributed by atoms with E-state index in [0.29, 0.717) is 6.10 Å². The second-order valence-electron chi connectivity index (χ2n) is 6.38. The third-order valence-corrected chi connectivity index (χ3v) is 5.18. The van der Waals surface area contributed by atoms with Crippen molar-refractivity contribution in [1.29, 1.82) is 0 Å². The summed E-state index contributed by atoms with van der Waals surface area (Å²) in [5.74, 6) is 2.85. The average molecular weight is 253 g/mol. The van der Waals surface area contributed by atoms with Crippen molar-refractivity contribution in [1.82, 2.24) is 5.32 Å². The first-order chi connectivity index (χ1) is 8.83. The van der Waals surface area contributed by atoms with Gasteiger partial charge >= 0.3 is 0 Å². The largest absolute Gasteiger partial charge is 0.378 e. The van der Waals surface area contributed by atoms with Gasteiger partial charge in [-0.1, -0.05) is 19.8 Å². The lowest BCUT2D eigenvalue weighted by Crippen LogP contribution is -2.32. The minimum Gasteiger partial charge on any atom is -0.378 e. The van der Waals surface area contributed by atoms with Gasteiger partial charge in [0.05, 0.1) is 6.10 Å². The van der Waals surface area contributed by atoms with Crippen molar-refractivity contribution in [2.75, 3.05) is 20.2 Å². The quantitative estimate of drug-likeness (QED) is 0.781.